The molecule has 8 nitrogen and oxygen atoms in total. The van der Waals surface area contributed by atoms with Crippen molar-refractivity contribution in [2.24, 2.45) is 0 Å². The first-order valence-electron chi connectivity index (χ1n) is 17.5. The summed E-state index contributed by atoms with van der Waals surface area (Å²) in [4.78, 5) is 26.7. The van der Waals surface area contributed by atoms with Gasteiger partial charge in [-0.2, -0.15) is 0 Å². The van der Waals surface area contributed by atoms with E-state index in [1.54, 1.807) is 4.90 Å². The first-order valence-corrected chi connectivity index (χ1v) is 18.9. The lowest BCUT2D eigenvalue weighted by atomic mass is 10.1. The Morgan fingerprint density at radius 3 is 2.04 bits per heavy atom. The molecule has 0 aliphatic rings. The van der Waals surface area contributed by atoms with Crippen molar-refractivity contribution < 1.29 is 32.5 Å². The lowest BCUT2D eigenvalue weighted by molar-refractivity contribution is -0.870. The molecule has 2 atom stereocenters. The van der Waals surface area contributed by atoms with Crippen molar-refractivity contribution in [2.45, 2.75) is 116 Å². The number of quaternary nitrogens is 1. The number of likely N-dealkylation sites (N-methyl/N-ethyl adjacent to an activating group) is 1. The SMILES string of the molecule is CCCCCCCC/C=C\CCCCCCCCOCC(CN(CCc1ccccc1)C(C)=O)OP(=O)([O-])OCC[N+](C)(C)C. The van der Waals surface area contributed by atoms with E-state index >= 15 is 0 Å². The van der Waals surface area contributed by atoms with Gasteiger partial charge < -0.3 is 28.1 Å². The molecule has 0 aliphatic carbocycles. The number of carbonyl (C=O) groups is 1. The van der Waals surface area contributed by atoms with Crippen molar-refractivity contribution in [3.8, 4) is 0 Å². The van der Waals surface area contributed by atoms with Crippen LogP contribution in [0.4, 0.5) is 0 Å². The van der Waals surface area contributed by atoms with E-state index in [9.17, 15) is 14.3 Å². The molecule has 45 heavy (non-hydrogen) atoms. The summed E-state index contributed by atoms with van der Waals surface area (Å²) < 4.78 is 29.7. The molecule has 0 saturated carbocycles. The number of nitrogens with zero attached hydrogens (tertiary/aromatic N) is 2. The molecule has 0 saturated heterocycles. The summed E-state index contributed by atoms with van der Waals surface area (Å²) in [5.41, 5.74) is 1.11. The number of phosphoric acid groups is 1. The van der Waals surface area contributed by atoms with Gasteiger partial charge in [0.1, 0.15) is 19.3 Å². The van der Waals surface area contributed by atoms with Crippen LogP contribution in [0, 0.1) is 0 Å². The Morgan fingerprint density at radius 2 is 1.47 bits per heavy atom. The quantitative estimate of drug-likeness (QED) is 0.0381. The lowest BCUT2D eigenvalue weighted by Crippen LogP contribution is -2.41. The maximum absolute atomic E-state index is 12.7. The van der Waals surface area contributed by atoms with Gasteiger partial charge in [-0.15, -0.1) is 0 Å². The zero-order valence-electron chi connectivity index (χ0n) is 29.3. The van der Waals surface area contributed by atoms with E-state index in [1.807, 2.05) is 51.5 Å². The number of benzene rings is 1. The van der Waals surface area contributed by atoms with Gasteiger partial charge in [-0.3, -0.25) is 9.36 Å². The zero-order chi connectivity index (χ0) is 33.2. The summed E-state index contributed by atoms with van der Waals surface area (Å²) in [6.07, 6.45) is 21.9. The molecule has 1 amide bonds. The van der Waals surface area contributed by atoms with Gasteiger partial charge in [0.15, 0.2) is 0 Å². The molecule has 2 unspecified atom stereocenters. The van der Waals surface area contributed by atoms with Crippen LogP contribution in [0.5, 0.6) is 0 Å². The van der Waals surface area contributed by atoms with Crippen LogP contribution in [-0.2, 0) is 29.6 Å². The number of allylic oxidation sites excluding steroid dienone is 2. The first kappa shape index (κ1) is 41.5. The van der Waals surface area contributed by atoms with Crippen molar-refractivity contribution in [1.29, 1.82) is 0 Å². The first-order chi connectivity index (χ1) is 21.5. The number of hydrogen-bond acceptors (Lipinski definition) is 6. The second-order valence-corrected chi connectivity index (χ2v) is 14.6. The van der Waals surface area contributed by atoms with E-state index in [-0.39, 0.29) is 25.7 Å². The summed E-state index contributed by atoms with van der Waals surface area (Å²) in [5, 5.41) is 0. The molecule has 9 heteroatoms. The summed E-state index contributed by atoms with van der Waals surface area (Å²) >= 11 is 0. The maximum atomic E-state index is 12.7. The van der Waals surface area contributed by atoms with Crippen LogP contribution in [0.15, 0.2) is 42.5 Å². The summed E-state index contributed by atoms with van der Waals surface area (Å²) in [6, 6.07) is 9.90. The number of hydrogen-bond donors (Lipinski definition) is 0. The minimum absolute atomic E-state index is 0.0256. The zero-order valence-corrected chi connectivity index (χ0v) is 30.2. The smallest absolute Gasteiger partial charge is 0.268 e. The van der Waals surface area contributed by atoms with Crippen LogP contribution in [0.25, 0.3) is 0 Å². The number of ether oxygens (including phenoxy) is 1. The fourth-order valence-corrected chi connectivity index (χ4v) is 5.81. The largest absolute Gasteiger partial charge is 0.756 e. The van der Waals surface area contributed by atoms with Crippen molar-refractivity contribution in [3.05, 3.63) is 48.0 Å². The van der Waals surface area contributed by atoms with Gasteiger partial charge in [0.05, 0.1) is 27.7 Å². The van der Waals surface area contributed by atoms with Gasteiger partial charge >= 0.3 is 0 Å². The van der Waals surface area contributed by atoms with Gasteiger partial charge in [-0.1, -0.05) is 107 Å². The van der Waals surface area contributed by atoms with Crippen molar-refractivity contribution in [1.82, 2.24) is 4.90 Å². The third-order valence-corrected chi connectivity index (χ3v) is 8.83. The minimum Gasteiger partial charge on any atom is -0.756 e. The topological polar surface area (TPSA) is 88.1 Å². The Balaban J connectivity index is 2.38. The van der Waals surface area contributed by atoms with Crippen LogP contribution in [-0.4, -0.2) is 82.0 Å². The van der Waals surface area contributed by atoms with Gasteiger partial charge in [-0.05, 0) is 44.1 Å². The second-order valence-electron chi connectivity index (χ2n) is 13.2. The molecule has 1 aromatic rings. The molecule has 0 spiro atoms. The number of amides is 1. The Kier molecular flexibility index (Phi) is 23.5. The van der Waals surface area contributed by atoms with Gasteiger partial charge in [-0.25, -0.2) is 0 Å². The molecule has 0 fully saturated rings. The fraction of sp³-hybridized carbons (Fsp3) is 0.750. The van der Waals surface area contributed by atoms with Gasteiger partial charge in [0, 0.05) is 26.6 Å². The van der Waals surface area contributed by atoms with E-state index in [1.165, 1.54) is 77.6 Å². The Hall–Kier alpha value is -1.54. The highest BCUT2D eigenvalue weighted by Crippen LogP contribution is 2.40. The van der Waals surface area contributed by atoms with Crippen molar-refractivity contribution in [3.63, 3.8) is 0 Å². The molecule has 260 valence electrons. The van der Waals surface area contributed by atoms with Gasteiger partial charge in [0.25, 0.3) is 7.82 Å². The molecule has 1 rings (SSSR count). The minimum atomic E-state index is -4.57. The van der Waals surface area contributed by atoms with Crippen LogP contribution >= 0.6 is 7.82 Å². The average Bonchev–Trinajstić information content (AvgIpc) is 2.97. The molecule has 0 aromatic heterocycles. The summed E-state index contributed by atoms with van der Waals surface area (Å²) in [7, 11) is 1.31. The Labute approximate surface area is 275 Å². The third-order valence-electron chi connectivity index (χ3n) is 7.78. The van der Waals surface area contributed by atoms with E-state index < -0.39 is 13.9 Å². The van der Waals surface area contributed by atoms with E-state index in [0.29, 0.717) is 30.6 Å². The number of carbonyl (C=O) groups excluding carboxylic acids is 1. The molecular formula is C36H65N2O6P. The molecule has 0 aliphatic heterocycles. The molecule has 0 bridgehead atoms. The standard InChI is InChI=1S/C36H65N2O6P/c1-6-7-8-9-10-11-12-13-14-15-16-17-18-19-20-24-30-42-33-36(44-45(40,41)43-31-29-38(3,4)5)32-37(34(2)39)28-27-35-25-22-21-23-26-35/h13-14,21-23,25-26,36H,6-12,15-20,24,27-33H2,1-5H3/b14-13-. The highest BCUT2D eigenvalue weighted by atomic mass is 31.2. The van der Waals surface area contributed by atoms with Gasteiger partial charge in [0.2, 0.25) is 5.91 Å². The second kappa shape index (κ2) is 25.5. The van der Waals surface area contributed by atoms with Crippen LogP contribution < -0.4 is 4.89 Å². The molecular weight excluding hydrogens is 587 g/mol. The van der Waals surface area contributed by atoms with Crippen molar-refractivity contribution in [2.75, 3.05) is 60.6 Å². The Morgan fingerprint density at radius 1 is 0.889 bits per heavy atom. The van der Waals surface area contributed by atoms with Crippen molar-refractivity contribution >= 4 is 13.7 Å². The van der Waals surface area contributed by atoms with Crippen LogP contribution in [0.1, 0.15) is 109 Å². The highest BCUT2D eigenvalue weighted by molar-refractivity contribution is 7.45. The summed E-state index contributed by atoms with van der Waals surface area (Å²) in [5.74, 6) is -0.139. The van der Waals surface area contributed by atoms with E-state index in [4.69, 9.17) is 13.8 Å². The number of phosphoric ester groups is 1. The maximum Gasteiger partial charge on any atom is 0.268 e. The monoisotopic (exact) mass is 652 g/mol. The Bertz CT molecular complexity index is 937. The normalized spacial score (nSPS) is 14.1. The number of rotatable bonds is 29. The average molecular weight is 653 g/mol. The van der Waals surface area contributed by atoms with Crippen LogP contribution in [0.3, 0.4) is 0 Å². The molecule has 1 aromatic carbocycles. The van der Waals surface area contributed by atoms with E-state index in [2.05, 4.69) is 19.1 Å². The summed E-state index contributed by atoms with van der Waals surface area (Å²) in [6.45, 7) is 5.46. The predicted molar refractivity (Wildman–Crippen MR) is 184 cm³/mol. The molecule has 0 heterocycles. The predicted octanol–water partition coefficient (Wildman–Crippen LogP) is 7.71. The van der Waals surface area contributed by atoms with Crippen LogP contribution in [0.2, 0.25) is 0 Å². The number of unbranched alkanes of at least 4 members (excludes halogenated alkanes) is 12. The van der Waals surface area contributed by atoms with E-state index in [0.717, 1.165) is 24.8 Å². The molecule has 0 N–H and O–H groups in total. The third kappa shape index (κ3) is 25.3. The fourth-order valence-electron chi connectivity index (χ4n) is 4.95. The molecule has 0 radical (unpaired) electrons. The lowest BCUT2D eigenvalue weighted by Gasteiger charge is -2.32. The highest BCUT2D eigenvalue weighted by Gasteiger charge is 2.23.